The van der Waals surface area contributed by atoms with Crippen molar-refractivity contribution in [3.05, 3.63) is 29.6 Å². The Morgan fingerprint density at radius 2 is 1.81 bits per heavy atom. The van der Waals surface area contributed by atoms with Gasteiger partial charge in [-0.3, -0.25) is 0 Å². The molecule has 1 aromatic carbocycles. The summed E-state index contributed by atoms with van der Waals surface area (Å²) >= 11 is 0. The zero-order valence-corrected chi connectivity index (χ0v) is 9.06. The van der Waals surface area contributed by atoms with E-state index < -0.39 is 17.5 Å². The van der Waals surface area contributed by atoms with Crippen LogP contribution >= 0.6 is 0 Å². The Bertz CT molecular complexity index is 365. The predicted molar refractivity (Wildman–Crippen MR) is 56.7 cm³/mol. The van der Waals surface area contributed by atoms with Crippen molar-refractivity contribution >= 4 is 5.69 Å². The monoisotopic (exact) mass is 229 g/mol. The van der Waals surface area contributed by atoms with E-state index in [0.717, 1.165) is 19.3 Å². The summed E-state index contributed by atoms with van der Waals surface area (Å²) in [5.41, 5.74) is -0.208. The largest absolute Gasteiger partial charge is 0.377 e. The summed E-state index contributed by atoms with van der Waals surface area (Å²) in [5, 5.41) is 2.84. The summed E-state index contributed by atoms with van der Waals surface area (Å²) in [4.78, 5) is 0. The van der Waals surface area contributed by atoms with Crippen molar-refractivity contribution < 1.29 is 13.2 Å². The van der Waals surface area contributed by atoms with E-state index in [0.29, 0.717) is 18.1 Å². The number of nitrogens with one attached hydrogen (secondary N) is 1. The summed E-state index contributed by atoms with van der Waals surface area (Å²) in [7, 11) is 0. The third kappa shape index (κ3) is 2.31. The molecule has 4 heteroatoms. The standard InChI is InChI=1S/C12H14F3N/c1-2-11(7-3-4-7)16-12-9(14)5-8(13)6-10(12)15/h5-7,11,16H,2-4H2,1H3. The van der Waals surface area contributed by atoms with Crippen LogP contribution < -0.4 is 5.32 Å². The average molecular weight is 229 g/mol. The summed E-state index contributed by atoms with van der Waals surface area (Å²) in [6.45, 7) is 1.97. The van der Waals surface area contributed by atoms with Crippen LogP contribution in [0.3, 0.4) is 0 Å². The second-order valence-electron chi connectivity index (χ2n) is 4.24. The molecule has 1 aromatic rings. The van der Waals surface area contributed by atoms with Crippen LogP contribution in [0.2, 0.25) is 0 Å². The second-order valence-corrected chi connectivity index (χ2v) is 4.24. The molecule has 16 heavy (non-hydrogen) atoms. The van der Waals surface area contributed by atoms with Crippen LogP contribution in [0.15, 0.2) is 12.1 Å². The normalized spacial score (nSPS) is 17.2. The van der Waals surface area contributed by atoms with E-state index in [2.05, 4.69) is 5.32 Å². The second kappa shape index (κ2) is 4.36. The van der Waals surface area contributed by atoms with E-state index in [4.69, 9.17) is 0 Å². The number of hydrogen-bond acceptors (Lipinski definition) is 1. The van der Waals surface area contributed by atoms with Crippen LogP contribution in [-0.4, -0.2) is 6.04 Å². The maximum atomic E-state index is 13.3. The fourth-order valence-electron chi connectivity index (χ4n) is 1.92. The number of halogens is 3. The Labute approximate surface area is 92.7 Å². The number of hydrogen-bond donors (Lipinski definition) is 1. The molecule has 0 saturated heterocycles. The van der Waals surface area contributed by atoms with Crippen LogP contribution in [0.25, 0.3) is 0 Å². The molecule has 0 heterocycles. The van der Waals surface area contributed by atoms with Crippen molar-refractivity contribution in [1.29, 1.82) is 0 Å². The molecule has 1 nitrogen and oxygen atoms in total. The molecule has 1 aliphatic carbocycles. The molecular formula is C12H14F3N. The molecule has 1 unspecified atom stereocenters. The Hall–Kier alpha value is -1.19. The molecule has 0 amide bonds. The van der Waals surface area contributed by atoms with Crippen molar-refractivity contribution in [3.63, 3.8) is 0 Å². The van der Waals surface area contributed by atoms with Crippen molar-refractivity contribution in [2.45, 2.75) is 32.2 Å². The molecule has 0 aromatic heterocycles. The first kappa shape index (κ1) is 11.3. The highest BCUT2D eigenvalue weighted by atomic mass is 19.1. The minimum Gasteiger partial charge on any atom is -0.377 e. The minimum absolute atomic E-state index is 0.0782. The highest BCUT2D eigenvalue weighted by molar-refractivity contribution is 5.47. The average Bonchev–Trinajstić information content (AvgIpc) is 3.00. The molecule has 88 valence electrons. The van der Waals surface area contributed by atoms with Crippen molar-refractivity contribution in [2.75, 3.05) is 5.32 Å². The first-order chi connectivity index (χ1) is 7.61. The van der Waals surface area contributed by atoms with Gasteiger partial charge in [-0.25, -0.2) is 13.2 Å². The van der Waals surface area contributed by atoms with E-state index in [1.54, 1.807) is 0 Å². The smallest absolute Gasteiger partial charge is 0.152 e. The van der Waals surface area contributed by atoms with Gasteiger partial charge in [0.2, 0.25) is 0 Å². The maximum absolute atomic E-state index is 13.3. The summed E-state index contributed by atoms with van der Waals surface area (Å²) in [5.74, 6) is -2.12. The van der Waals surface area contributed by atoms with Gasteiger partial charge in [-0.2, -0.15) is 0 Å². The molecular weight excluding hydrogens is 215 g/mol. The lowest BCUT2D eigenvalue weighted by Gasteiger charge is -2.18. The van der Waals surface area contributed by atoms with Gasteiger partial charge in [0.05, 0.1) is 0 Å². The summed E-state index contributed by atoms with van der Waals surface area (Å²) in [6.07, 6.45) is 2.99. The minimum atomic E-state index is -0.889. The SMILES string of the molecule is CCC(Nc1c(F)cc(F)cc1F)C1CC1. The lowest BCUT2D eigenvalue weighted by Crippen LogP contribution is -2.22. The van der Waals surface area contributed by atoms with Crippen LogP contribution in [0.5, 0.6) is 0 Å². The van der Waals surface area contributed by atoms with E-state index in [1.807, 2.05) is 6.92 Å². The fraction of sp³-hybridized carbons (Fsp3) is 0.500. The molecule has 0 spiro atoms. The van der Waals surface area contributed by atoms with Crippen molar-refractivity contribution in [3.8, 4) is 0 Å². The van der Waals surface area contributed by atoms with Crippen LogP contribution in [0.1, 0.15) is 26.2 Å². The number of benzene rings is 1. The molecule has 0 bridgehead atoms. The van der Waals surface area contributed by atoms with E-state index in [1.165, 1.54) is 0 Å². The van der Waals surface area contributed by atoms with Crippen LogP contribution in [-0.2, 0) is 0 Å². The van der Waals surface area contributed by atoms with E-state index in [9.17, 15) is 13.2 Å². The van der Waals surface area contributed by atoms with Gasteiger partial charge < -0.3 is 5.32 Å². The first-order valence-corrected chi connectivity index (χ1v) is 5.53. The molecule has 0 aliphatic heterocycles. The van der Waals surface area contributed by atoms with Crippen molar-refractivity contribution in [1.82, 2.24) is 0 Å². The summed E-state index contributed by atoms with van der Waals surface area (Å²) in [6, 6.07) is 1.48. The maximum Gasteiger partial charge on any atom is 0.152 e. The van der Waals surface area contributed by atoms with Gasteiger partial charge in [0.25, 0.3) is 0 Å². The summed E-state index contributed by atoms with van der Waals surface area (Å²) < 4.78 is 39.4. The zero-order valence-electron chi connectivity index (χ0n) is 9.06. The van der Waals surface area contributed by atoms with Gasteiger partial charge in [-0.1, -0.05) is 6.92 Å². The third-order valence-electron chi connectivity index (χ3n) is 2.97. The van der Waals surface area contributed by atoms with Crippen molar-refractivity contribution in [2.24, 2.45) is 5.92 Å². The Morgan fingerprint density at radius 3 is 2.25 bits per heavy atom. The Kier molecular flexibility index (Phi) is 3.08. The molecule has 0 radical (unpaired) electrons. The van der Waals surface area contributed by atoms with Crippen LogP contribution in [0, 0.1) is 23.4 Å². The van der Waals surface area contributed by atoms with E-state index >= 15 is 0 Å². The molecule has 2 rings (SSSR count). The fourth-order valence-corrected chi connectivity index (χ4v) is 1.92. The van der Waals surface area contributed by atoms with Gasteiger partial charge in [0.1, 0.15) is 11.5 Å². The molecule has 1 aliphatic rings. The van der Waals surface area contributed by atoms with Gasteiger partial charge in [0.15, 0.2) is 11.6 Å². The molecule has 1 atom stereocenters. The zero-order chi connectivity index (χ0) is 11.7. The Balaban J connectivity index is 2.19. The molecule has 1 fully saturated rings. The molecule has 1 N–H and O–H groups in total. The van der Waals surface area contributed by atoms with Gasteiger partial charge >= 0.3 is 0 Å². The number of anilines is 1. The lowest BCUT2D eigenvalue weighted by atomic mass is 10.1. The molecule has 1 saturated carbocycles. The lowest BCUT2D eigenvalue weighted by molar-refractivity contribution is 0.536. The topological polar surface area (TPSA) is 12.0 Å². The highest BCUT2D eigenvalue weighted by Gasteiger charge is 2.31. The quantitative estimate of drug-likeness (QED) is 0.830. The van der Waals surface area contributed by atoms with E-state index in [-0.39, 0.29) is 11.7 Å². The number of rotatable bonds is 4. The van der Waals surface area contributed by atoms with Gasteiger partial charge in [-0.05, 0) is 25.2 Å². The van der Waals surface area contributed by atoms with Gasteiger partial charge in [-0.15, -0.1) is 0 Å². The first-order valence-electron chi connectivity index (χ1n) is 5.53. The third-order valence-corrected chi connectivity index (χ3v) is 2.97. The predicted octanol–water partition coefficient (Wildman–Crippen LogP) is 3.70. The Morgan fingerprint density at radius 1 is 1.25 bits per heavy atom. The van der Waals surface area contributed by atoms with Crippen LogP contribution in [0.4, 0.5) is 18.9 Å². The highest BCUT2D eigenvalue weighted by Crippen LogP contribution is 2.36. The van der Waals surface area contributed by atoms with Gasteiger partial charge in [0, 0.05) is 18.2 Å².